The third kappa shape index (κ3) is 8.71. The molecule has 0 radical (unpaired) electrons. The van der Waals surface area contributed by atoms with Crippen LogP contribution < -0.4 is 10.6 Å². The molecule has 28 heavy (non-hydrogen) atoms. The fourth-order valence-corrected chi connectivity index (χ4v) is 3.82. The molecule has 2 fully saturated rings. The van der Waals surface area contributed by atoms with Gasteiger partial charge in [0.25, 0.3) is 0 Å². The molecule has 1 aliphatic carbocycles. The molecule has 1 saturated heterocycles. The number of nitrogens with one attached hydrogen (secondary N) is 2. The Balaban J connectivity index is 0.00000392. The Bertz CT molecular complexity index is 504. The van der Waals surface area contributed by atoms with Crippen LogP contribution in [0.2, 0.25) is 0 Å². The Hall–Kier alpha value is -0.780. The van der Waals surface area contributed by atoms with E-state index in [4.69, 9.17) is 0 Å². The van der Waals surface area contributed by atoms with Crippen LogP contribution in [-0.4, -0.2) is 79.7 Å². The van der Waals surface area contributed by atoms with E-state index in [1.54, 1.807) is 0 Å². The lowest BCUT2D eigenvalue weighted by Crippen LogP contribution is -2.50. The van der Waals surface area contributed by atoms with Gasteiger partial charge in [0.2, 0.25) is 5.91 Å². The molecule has 1 heterocycles. The zero-order valence-electron chi connectivity index (χ0n) is 16.7. The fourth-order valence-electron chi connectivity index (χ4n) is 3.82. The first-order valence-corrected chi connectivity index (χ1v) is 9.88. The minimum atomic E-state index is -4.40. The number of likely N-dealkylation sites (tertiary alicyclic amines) is 1. The number of guanidine groups is 1. The maximum atomic E-state index is 12.4. The number of hydrogen-bond acceptors (Lipinski definition) is 3. The van der Waals surface area contributed by atoms with E-state index in [9.17, 15) is 18.0 Å². The number of alkyl halides is 3. The Morgan fingerprint density at radius 2 is 1.79 bits per heavy atom. The van der Waals surface area contributed by atoms with Crippen LogP contribution in [0.15, 0.2) is 4.99 Å². The second-order valence-corrected chi connectivity index (χ2v) is 7.45. The largest absolute Gasteiger partial charge is 0.406 e. The monoisotopic (exact) mass is 519 g/mol. The van der Waals surface area contributed by atoms with Crippen molar-refractivity contribution in [3.63, 3.8) is 0 Å². The average Bonchev–Trinajstić information content (AvgIpc) is 3.13. The maximum absolute atomic E-state index is 12.4. The van der Waals surface area contributed by atoms with Gasteiger partial charge in [0.15, 0.2) is 5.96 Å². The van der Waals surface area contributed by atoms with Crippen LogP contribution in [0.25, 0.3) is 0 Å². The van der Waals surface area contributed by atoms with E-state index in [-0.39, 0.29) is 36.6 Å². The van der Waals surface area contributed by atoms with Gasteiger partial charge in [-0.05, 0) is 32.6 Å². The zero-order valence-corrected chi connectivity index (χ0v) is 19.1. The van der Waals surface area contributed by atoms with Gasteiger partial charge in [-0.1, -0.05) is 12.8 Å². The molecule has 0 bridgehead atoms. The predicted molar refractivity (Wildman–Crippen MR) is 115 cm³/mol. The van der Waals surface area contributed by atoms with E-state index >= 15 is 0 Å². The molecule has 0 aromatic heterocycles. The normalized spacial score (nSPS) is 20.0. The lowest BCUT2D eigenvalue weighted by molar-refractivity contribution is -0.157. The highest BCUT2D eigenvalue weighted by molar-refractivity contribution is 14.0. The van der Waals surface area contributed by atoms with Gasteiger partial charge in [-0.2, -0.15) is 13.2 Å². The van der Waals surface area contributed by atoms with E-state index in [0.717, 1.165) is 39.0 Å². The molecule has 2 N–H and O–H groups in total. The van der Waals surface area contributed by atoms with Gasteiger partial charge in [-0.15, -0.1) is 24.0 Å². The summed E-state index contributed by atoms with van der Waals surface area (Å²) < 4.78 is 37.1. The summed E-state index contributed by atoms with van der Waals surface area (Å²) in [5, 5.41) is 6.40. The van der Waals surface area contributed by atoms with Gasteiger partial charge in [0.05, 0.1) is 0 Å². The van der Waals surface area contributed by atoms with Gasteiger partial charge < -0.3 is 20.4 Å². The Morgan fingerprint density at radius 1 is 1.18 bits per heavy atom. The molecule has 2 aliphatic rings. The number of carbonyl (C=O) groups excluding carboxylic acids is 1. The van der Waals surface area contributed by atoms with E-state index in [1.807, 2.05) is 6.92 Å². The SMILES string of the molecule is CCNC(=NCC(=O)N(C)CC(F)(F)F)NC1CCN(C2CCCC2)CC1.I. The van der Waals surface area contributed by atoms with Crippen molar-refractivity contribution in [2.45, 2.75) is 63.7 Å². The fraction of sp³-hybridized carbons (Fsp3) is 0.889. The summed E-state index contributed by atoms with van der Waals surface area (Å²) in [7, 11) is 1.14. The lowest BCUT2D eigenvalue weighted by atomic mass is 10.0. The molecule has 0 aromatic carbocycles. The van der Waals surface area contributed by atoms with Crippen molar-refractivity contribution in [3.05, 3.63) is 0 Å². The highest BCUT2D eigenvalue weighted by Gasteiger charge is 2.31. The predicted octanol–water partition coefficient (Wildman–Crippen LogP) is 2.59. The van der Waals surface area contributed by atoms with E-state index < -0.39 is 18.6 Å². The van der Waals surface area contributed by atoms with Gasteiger partial charge >= 0.3 is 6.18 Å². The van der Waals surface area contributed by atoms with Crippen molar-refractivity contribution in [2.75, 3.05) is 39.8 Å². The molecule has 6 nitrogen and oxygen atoms in total. The minimum Gasteiger partial charge on any atom is -0.357 e. The second kappa shape index (κ2) is 12.0. The number of piperidine rings is 1. The molecule has 164 valence electrons. The quantitative estimate of drug-likeness (QED) is 0.322. The number of hydrogen-bond donors (Lipinski definition) is 2. The molecule has 0 aromatic rings. The van der Waals surface area contributed by atoms with Crippen LogP contribution in [0.3, 0.4) is 0 Å². The van der Waals surface area contributed by atoms with Gasteiger partial charge in [-0.25, -0.2) is 4.99 Å². The lowest BCUT2D eigenvalue weighted by Gasteiger charge is -2.36. The molecule has 0 atom stereocenters. The van der Waals surface area contributed by atoms with Crippen molar-refractivity contribution in [1.29, 1.82) is 0 Å². The van der Waals surface area contributed by atoms with Gasteiger partial charge in [0, 0.05) is 38.8 Å². The second-order valence-electron chi connectivity index (χ2n) is 7.45. The molecule has 2 rings (SSSR count). The third-order valence-corrected chi connectivity index (χ3v) is 5.27. The first-order valence-electron chi connectivity index (χ1n) is 9.88. The number of amides is 1. The minimum absolute atomic E-state index is 0. The van der Waals surface area contributed by atoms with Crippen molar-refractivity contribution >= 4 is 35.8 Å². The van der Waals surface area contributed by atoms with Crippen molar-refractivity contribution < 1.29 is 18.0 Å². The standard InChI is InChI=1S/C18H32F3N5O.HI/c1-3-22-17(23-12-16(27)25(2)13-18(19,20)21)24-14-8-10-26(11-9-14)15-6-4-5-7-15;/h14-15H,3-13H2,1-2H3,(H2,22,23,24);1H. The molecular formula is C18H33F3IN5O. The third-order valence-electron chi connectivity index (χ3n) is 5.27. The first-order chi connectivity index (χ1) is 12.8. The molecule has 0 spiro atoms. The van der Waals surface area contributed by atoms with E-state index in [1.165, 1.54) is 25.7 Å². The smallest absolute Gasteiger partial charge is 0.357 e. The van der Waals surface area contributed by atoms with Gasteiger partial charge in [-0.3, -0.25) is 4.79 Å². The molecule has 1 saturated carbocycles. The highest BCUT2D eigenvalue weighted by Crippen LogP contribution is 2.26. The van der Waals surface area contributed by atoms with Crippen molar-refractivity contribution in [3.8, 4) is 0 Å². The summed E-state index contributed by atoms with van der Waals surface area (Å²) in [4.78, 5) is 19.3. The summed E-state index contributed by atoms with van der Waals surface area (Å²) in [6, 6.07) is 0.998. The summed E-state index contributed by atoms with van der Waals surface area (Å²) in [5.74, 6) is -0.161. The van der Waals surface area contributed by atoms with Gasteiger partial charge in [0.1, 0.15) is 13.1 Å². The number of rotatable bonds is 6. The summed E-state index contributed by atoms with van der Waals surface area (Å²) >= 11 is 0. The van der Waals surface area contributed by atoms with Crippen LogP contribution in [0.4, 0.5) is 13.2 Å². The molecule has 10 heteroatoms. The number of likely N-dealkylation sites (N-methyl/N-ethyl adjacent to an activating group) is 1. The number of aliphatic imine (C=N–C) groups is 1. The Kier molecular flexibility index (Phi) is 10.9. The van der Waals surface area contributed by atoms with Crippen LogP contribution in [-0.2, 0) is 4.79 Å². The summed E-state index contributed by atoms with van der Waals surface area (Å²) in [5.41, 5.74) is 0. The van der Waals surface area contributed by atoms with Crippen LogP contribution in [0, 0.1) is 0 Å². The first kappa shape index (κ1) is 25.3. The Labute approximate surface area is 182 Å². The van der Waals surface area contributed by atoms with Crippen molar-refractivity contribution in [2.24, 2.45) is 4.99 Å². The summed E-state index contributed by atoms with van der Waals surface area (Å²) in [6.45, 7) is 3.08. The zero-order chi connectivity index (χ0) is 19.9. The molecular weight excluding hydrogens is 486 g/mol. The number of nitrogens with zero attached hydrogens (tertiary/aromatic N) is 3. The molecule has 1 amide bonds. The van der Waals surface area contributed by atoms with Crippen molar-refractivity contribution in [1.82, 2.24) is 20.4 Å². The summed E-state index contributed by atoms with van der Waals surface area (Å²) in [6.07, 6.45) is 2.87. The van der Waals surface area contributed by atoms with E-state index in [0.29, 0.717) is 17.4 Å². The highest BCUT2D eigenvalue weighted by atomic mass is 127. The van der Waals surface area contributed by atoms with Crippen LogP contribution in [0.5, 0.6) is 0 Å². The topological polar surface area (TPSA) is 60.0 Å². The molecule has 1 aliphatic heterocycles. The molecule has 0 unspecified atom stereocenters. The number of halogens is 4. The van der Waals surface area contributed by atoms with Crippen LogP contribution in [0.1, 0.15) is 45.4 Å². The number of carbonyl (C=O) groups is 1. The maximum Gasteiger partial charge on any atom is 0.406 e. The Morgan fingerprint density at radius 3 is 2.32 bits per heavy atom. The van der Waals surface area contributed by atoms with E-state index in [2.05, 4.69) is 20.5 Å². The van der Waals surface area contributed by atoms with Crippen LogP contribution >= 0.6 is 24.0 Å². The average molecular weight is 519 g/mol.